The van der Waals surface area contributed by atoms with E-state index in [1.807, 2.05) is 57.2 Å². The molecule has 0 N–H and O–H groups in total. The van der Waals surface area contributed by atoms with Gasteiger partial charge in [-0.2, -0.15) is 0 Å². The minimum atomic E-state index is -0.757. The average Bonchev–Trinajstić information content (AvgIpc) is 3.53. The van der Waals surface area contributed by atoms with Crippen LogP contribution < -0.4 is 19.6 Å². The Hall–Kier alpha value is -4.00. The minimum Gasteiger partial charge on any atom is -0.496 e. The lowest BCUT2D eigenvalue weighted by Crippen LogP contribution is -2.43. The van der Waals surface area contributed by atoms with E-state index in [-0.39, 0.29) is 11.5 Å². The third kappa shape index (κ3) is 5.42. The van der Waals surface area contributed by atoms with Crippen molar-refractivity contribution in [3.05, 3.63) is 108 Å². The quantitative estimate of drug-likeness (QED) is 0.197. The van der Waals surface area contributed by atoms with Crippen LogP contribution in [0.4, 0.5) is 0 Å². The molecular formula is C32H28BrN5O4S2. The lowest BCUT2D eigenvalue weighted by atomic mass is 9.90. The standard InChI is InChI=1S/C32H28BrN5O4S2/c1-5-37(6-2)29(40)25-18(3)36-32-38(27(25)26-21-11-8-7-10-19(21)12-13-23(26)41-4)28(39)24(43-32)17-20-16-22(33)30(42-20)44-31-34-14-9-15-35-31/h7-17,27H,5-6H2,1-4H3/b24-17-/t27-/m1/s1. The number of allylic oxidation sites excluding steroid dienone is 1. The summed E-state index contributed by atoms with van der Waals surface area (Å²) in [4.78, 5) is 44.0. The van der Waals surface area contributed by atoms with Crippen molar-refractivity contribution in [2.75, 3.05) is 20.2 Å². The van der Waals surface area contributed by atoms with Gasteiger partial charge in [0.1, 0.15) is 17.6 Å². The SMILES string of the molecule is CCN(CC)C(=O)C1=C(C)N=c2s/c(=C\c3cc(Br)c(Sc4ncccn4)o3)c(=O)n2[C@H]1c1c(OC)ccc2ccccc12. The number of nitrogens with zero attached hydrogens (tertiary/aromatic N) is 5. The van der Waals surface area contributed by atoms with Gasteiger partial charge >= 0.3 is 0 Å². The summed E-state index contributed by atoms with van der Waals surface area (Å²) in [6, 6.07) is 14.6. The molecule has 224 valence electrons. The number of hydrogen-bond donors (Lipinski definition) is 0. The number of ether oxygens (including phenoxy) is 1. The number of amides is 1. The molecule has 1 aliphatic rings. The summed E-state index contributed by atoms with van der Waals surface area (Å²) in [7, 11) is 1.60. The lowest BCUT2D eigenvalue weighted by Gasteiger charge is -2.30. The van der Waals surface area contributed by atoms with Crippen LogP contribution in [0.3, 0.4) is 0 Å². The largest absolute Gasteiger partial charge is 0.496 e. The highest BCUT2D eigenvalue weighted by Crippen LogP contribution is 2.40. The van der Waals surface area contributed by atoms with Crippen LogP contribution in [0.1, 0.15) is 38.1 Å². The van der Waals surface area contributed by atoms with Gasteiger partial charge in [0.05, 0.1) is 27.4 Å². The molecule has 2 aromatic carbocycles. The van der Waals surface area contributed by atoms with E-state index in [0.717, 1.165) is 20.8 Å². The van der Waals surface area contributed by atoms with Crippen LogP contribution in [0, 0.1) is 0 Å². The van der Waals surface area contributed by atoms with Gasteiger partial charge in [-0.3, -0.25) is 14.2 Å². The van der Waals surface area contributed by atoms with Gasteiger partial charge in [-0.05, 0) is 77.4 Å². The fourth-order valence-electron chi connectivity index (χ4n) is 5.34. The number of carbonyl (C=O) groups is 1. The molecule has 0 bridgehead atoms. The molecule has 0 fully saturated rings. The van der Waals surface area contributed by atoms with Crippen molar-refractivity contribution in [3.8, 4) is 5.75 Å². The molecule has 44 heavy (non-hydrogen) atoms. The minimum absolute atomic E-state index is 0.162. The Bertz CT molecular complexity index is 2100. The van der Waals surface area contributed by atoms with Crippen LogP contribution in [-0.4, -0.2) is 45.5 Å². The van der Waals surface area contributed by atoms with Crippen LogP contribution in [0.25, 0.3) is 16.8 Å². The fourth-order valence-corrected chi connectivity index (χ4v) is 7.61. The van der Waals surface area contributed by atoms with Crippen LogP contribution in [0.5, 0.6) is 5.75 Å². The first-order valence-corrected chi connectivity index (χ1v) is 16.4. The van der Waals surface area contributed by atoms with E-state index >= 15 is 0 Å². The summed E-state index contributed by atoms with van der Waals surface area (Å²) >= 11 is 6.08. The third-order valence-electron chi connectivity index (χ3n) is 7.40. The highest BCUT2D eigenvalue weighted by Gasteiger charge is 2.36. The summed E-state index contributed by atoms with van der Waals surface area (Å²) in [5.41, 5.74) is 1.48. The number of fused-ring (bicyclic) bond motifs is 2. The monoisotopic (exact) mass is 689 g/mol. The van der Waals surface area contributed by atoms with Gasteiger partial charge in [-0.25, -0.2) is 15.0 Å². The Morgan fingerprint density at radius 2 is 1.91 bits per heavy atom. The van der Waals surface area contributed by atoms with Crippen LogP contribution in [0.15, 0.2) is 101 Å². The van der Waals surface area contributed by atoms with Gasteiger partial charge in [0.2, 0.25) is 0 Å². The Balaban J connectivity index is 1.56. The number of methoxy groups -OCH3 is 1. The number of benzene rings is 2. The van der Waals surface area contributed by atoms with Gasteiger partial charge in [-0.15, -0.1) is 0 Å². The number of likely N-dealkylation sites (N-methyl/N-ethyl adjacent to an activating group) is 1. The maximum atomic E-state index is 14.3. The topological polar surface area (TPSA) is 103 Å². The van der Waals surface area contributed by atoms with Gasteiger partial charge < -0.3 is 14.1 Å². The molecule has 1 amide bonds. The van der Waals surface area contributed by atoms with E-state index in [1.165, 1.54) is 23.1 Å². The molecule has 12 heteroatoms. The van der Waals surface area contributed by atoms with E-state index in [1.54, 1.807) is 47.2 Å². The van der Waals surface area contributed by atoms with Gasteiger partial charge in [0.25, 0.3) is 11.5 Å². The predicted molar refractivity (Wildman–Crippen MR) is 175 cm³/mol. The summed E-state index contributed by atoms with van der Waals surface area (Å²) < 4.78 is 14.7. The molecule has 1 atom stereocenters. The van der Waals surface area contributed by atoms with Crippen molar-refractivity contribution in [2.24, 2.45) is 4.99 Å². The summed E-state index contributed by atoms with van der Waals surface area (Å²) in [6.07, 6.45) is 5.03. The van der Waals surface area contributed by atoms with E-state index in [0.29, 0.717) is 55.5 Å². The zero-order valence-electron chi connectivity index (χ0n) is 24.4. The molecule has 0 unspecified atom stereocenters. The third-order valence-corrected chi connectivity index (χ3v) is 10.1. The maximum absolute atomic E-state index is 14.3. The van der Waals surface area contributed by atoms with Gasteiger partial charge in [0.15, 0.2) is 15.1 Å². The van der Waals surface area contributed by atoms with Crippen molar-refractivity contribution in [1.29, 1.82) is 0 Å². The number of rotatable bonds is 8. The summed E-state index contributed by atoms with van der Waals surface area (Å²) in [5.74, 6) is 0.905. The van der Waals surface area contributed by atoms with Crippen LogP contribution in [-0.2, 0) is 4.79 Å². The lowest BCUT2D eigenvalue weighted by molar-refractivity contribution is -0.127. The fraction of sp³-hybridized carbons (Fsp3) is 0.219. The molecular weight excluding hydrogens is 662 g/mol. The molecule has 0 aliphatic carbocycles. The normalized spacial score (nSPS) is 14.9. The van der Waals surface area contributed by atoms with E-state index in [4.69, 9.17) is 14.1 Å². The summed E-state index contributed by atoms with van der Waals surface area (Å²) in [6.45, 7) is 6.77. The molecule has 1 aliphatic heterocycles. The Labute approximate surface area is 269 Å². The number of thiazole rings is 1. The van der Waals surface area contributed by atoms with E-state index in [2.05, 4.69) is 25.9 Å². The molecule has 3 aromatic heterocycles. The number of carbonyl (C=O) groups excluding carboxylic acids is 1. The number of halogens is 1. The maximum Gasteiger partial charge on any atom is 0.271 e. The second kappa shape index (κ2) is 12.5. The molecule has 4 heterocycles. The molecule has 6 rings (SSSR count). The first-order chi connectivity index (χ1) is 21.3. The average molecular weight is 691 g/mol. The highest BCUT2D eigenvalue weighted by atomic mass is 79.9. The van der Waals surface area contributed by atoms with Crippen LogP contribution >= 0.6 is 39.0 Å². The second-order valence-corrected chi connectivity index (χ2v) is 12.7. The van der Waals surface area contributed by atoms with Crippen molar-refractivity contribution >= 4 is 61.8 Å². The Morgan fingerprint density at radius 1 is 1.16 bits per heavy atom. The number of aromatic nitrogens is 3. The van der Waals surface area contributed by atoms with E-state index < -0.39 is 6.04 Å². The number of hydrogen-bond acceptors (Lipinski definition) is 9. The molecule has 0 radical (unpaired) electrons. The van der Waals surface area contributed by atoms with Gasteiger partial charge in [0, 0.05) is 37.1 Å². The predicted octanol–water partition coefficient (Wildman–Crippen LogP) is 5.56. The highest BCUT2D eigenvalue weighted by molar-refractivity contribution is 9.10. The van der Waals surface area contributed by atoms with Crippen LogP contribution in [0.2, 0.25) is 0 Å². The number of furan rings is 1. The zero-order valence-corrected chi connectivity index (χ0v) is 27.6. The molecule has 0 spiro atoms. The molecule has 0 saturated heterocycles. The first-order valence-electron chi connectivity index (χ1n) is 14.0. The van der Waals surface area contributed by atoms with Crippen molar-refractivity contribution < 1.29 is 13.9 Å². The zero-order chi connectivity index (χ0) is 31.0. The second-order valence-electron chi connectivity index (χ2n) is 9.88. The van der Waals surface area contributed by atoms with Crippen molar-refractivity contribution in [2.45, 2.75) is 37.1 Å². The van der Waals surface area contributed by atoms with Crippen molar-refractivity contribution in [3.63, 3.8) is 0 Å². The van der Waals surface area contributed by atoms with E-state index in [9.17, 15) is 9.59 Å². The summed E-state index contributed by atoms with van der Waals surface area (Å²) in [5, 5.41) is 2.98. The smallest absolute Gasteiger partial charge is 0.271 e. The molecule has 5 aromatic rings. The van der Waals surface area contributed by atoms with Gasteiger partial charge in [-0.1, -0.05) is 41.7 Å². The molecule has 0 saturated carbocycles. The van der Waals surface area contributed by atoms with Crippen molar-refractivity contribution in [1.82, 2.24) is 19.4 Å². The molecule has 9 nitrogen and oxygen atoms in total. The Morgan fingerprint density at radius 3 is 2.64 bits per heavy atom. The first kappa shape index (κ1) is 30.0. The Kier molecular flexibility index (Phi) is 8.57.